The van der Waals surface area contributed by atoms with Crippen molar-refractivity contribution in [1.29, 1.82) is 0 Å². The van der Waals surface area contributed by atoms with Crippen molar-refractivity contribution >= 4 is 17.5 Å². The Morgan fingerprint density at radius 3 is 2.56 bits per heavy atom. The highest BCUT2D eigenvalue weighted by molar-refractivity contribution is 6.41. The van der Waals surface area contributed by atoms with Crippen LogP contribution >= 0.6 is 0 Å². The number of fused-ring (bicyclic) bond motifs is 1. The molecule has 186 valence electrons. The highest BCUT2D eigenvalue weighted by atomic mass is 16.2. The monoisotopic (exact) mass is 466 g/mol. The van der Waals surface area contributed by atoms with Crippen LogP contribution in [0.5, 0.6) is 0 Å². The number of aryl methyl sites for hydroxylation is 1. The number of likely N-dealkylation sites (tertiary alicyclic amines) is 2. The summed E-state index contributed by atoms with van der Waals surface area (Å²) >= 11 is 0. The quantitative estimate of drug-likeness (QED) is 0.564. The number of benzene rings is 1. The standard InChI is InChI=1S/C28H42N4O2/c1-3-24(29-2)27(33)30-26(22-14-8-5-9-15-22)28(34)32-18-16-23-19-31(20-25(23)32)17-10-13-21-11-6-4-7-12-21/h4,6-7,11-12,22-25,29H,3,5,8-10,13-20H2,1-2H3/t23-,24-,25+/m0/s1. The van der Waals surface area contributed by atoms with E-state index in [0.29, 0.717) is 18.1 Å². The molecule has 0 radical (unpaired) electrons. The van der Waals surface area contributed by atoms with Crippen LogP contribution in [0.15, 0.2) is 35.3 Å². The van der Waals surface area contributed by atoms with Gasteiger partial charge < -0.3 is 15.1 Å². The van der Waals surface area contributed by atoms with E-state index in [2.05, 4.69) is 50.4 Å². The number of likely N-dealkylation sites (N-methyl/N-ethyl adjacent to an activating group) is 1. The van der Waals surface area contributed by atoms with Crippen LogP contribution in [0.3, 0.4) is 0 Å². The molecular formula is C28H42N4O2. The second-order valence-corrected chi connectivity index (χ2v) is 10.4. The molecular weight excluding hydrogens is 424 g/mol. The lowest BCUT2D eigenvalue weighted by molar-refractivity contribution is -0.126. The maximum atomic E-state index is 13.8. The first kappa shape index (κ1) is 25.1. The van der Waals surface area contributed by atoms with Crippen molar-refractivity contribution in [2.45, 2.75) is 76.8 Å². The highest BCUT2D eigenvalue weighted by Gasteiger charge is 2.45. The van der Waals surface area contributed by atoms with E-state index in [1.165, 1.54) is 12.0 Å². The fourth-order valence-electron chi connectivity index (χ4n) is 6.17. The third-order valence-electron chi connectivity index (χ3n) is 8.16. The van der Waals surface area contributed by atoms with Gasteiger partial charge in [0.2, 0.25) is 0 Å². The Hall–Kier alpha value is -2.05. The van der Waals surface area contributed by atoms with Crippen LogP contribution in [0.2, 0.25) is 0 Å². The number of aliphatic imine (C=N–C) groups is 1. The van der Waals surface area contributed by atoms with Crippen LogP contribution < -0.4 is 5.32 Å². The number of hydrogen-bond acceptors (Lipinski definition) is 4. The van der Waals surface area contributed by atoms with Crippen molar-refractivity contribution in [3.05, 3.63) is 35.9 Å². The molecule has 2 amide bonds. The van der Waals surface area contributed by atoms with Gasteiger partial charge >= 0.3 is 0 Å². The van der Waals surface area contributed by atoms with Crippen molar-refractivity contribution in [3.63, 3.8) is 0 Å². The van der Waals surface area contributed by atoms with Crippen molar-refractivity contribution < 1.29 is 9.59 Å². The van der Waals surface area contributed by atoms with Gasteiger partial charge in [-0.2, -0.15) is 0 Å². The number of nitrogens with zero attached hydrogens (tertiary/aromatic N) is 3. The topological polar surface area (TPSA) is 65.0 Å². The number of amides is 2. The Kier molecular flexibility index (Phi) is 8.90. The van der Waals surface area contributed by atoms with E-state index < -0.39 is 0 Å². The molecule has 3 fully saturated rings. The van der Waals surface area contributed by atoms with Crippen LogP contribution in [0.25, 0.3) is 0 Å². The molecule has 2 aliphatic heterocycles. The molecule has 1 aromatic carbocycles. The van der Waals surface area contributed by atoms with Crippen LogP contribution in [0.1, 0.15) is 63.9 Å². The summed E-state index contributed by atoms with van der Waals surface area (Å²) < 4.78 is 0. The molecule has 2 saturated heterocycles. The highest BCUT2D eigenvalue weighted by Crippen LogP contribution is 2.33. The summed E-state index contributed by atoms with van der Waals surface area (Å²) in [5.41, 5.74) is 1.94. The number of nitrogens with one attached hydrogen (secondary N) is 1. The van der Waals surface area contributed by atoms with E-state index in [1.807, 2.05) is 6.92 Å². The minimum atomic E-state index is -0.315. The van der Waals surface area contributed by atoms with Gasteiger partial charge in [-0.1, -0.05) is 56.5 Å². The summed E-state index contributed by atoms with van der Waals surface area (Å²) in [6.45, 7) is 5.88. The molecule has 6 nitrogen and oxygen atoms in total. The van der Waals surface area contributed by atoms with Gasteiger partial charge in [0.25, 0.3) is 11.8 Å². The zero-order chi connectivity index (χ0) is 23.9. The zero-order valence-electron chi connectivity index (χ0n) is 21.0. The average Bonchev–Trinajstić information content (AvgIpc) is 3.44. The van der Waals surface area contributed by atoms with Crippen LogP contribution in [-0.4, -0.2) is 72.6 Å². The SMILES string of the molecule is CC[C@H](NC)C(=O)N=C(C(=O)N1CC[C@H]2CN(CCCc3ccccc3)C[C@H]21)C1CCCCC1. The number of hydrogen-bond donors (Lipinski definition) is 1. The summed E-state index contributed by atoms with van der Waals surface area (Å²) in [5.74, 6) is 0.514. The van der Waals surface area contributed by atoms with E-state index in [4.69, 9.17) is 0 Å². The zero-order valence-corrected chi connectivity index (χ0v) is 21.0. The van der Waals surface area contributed by atoms with E-state index in [-0.39, 0.29) is 29.8 Å². The molecule has 1 saturated carbocycles. The number of carbonyl (C=O) groups excluding carboxylic acids is 2. The number of carbonyl (C=O) groups is 2. The van der Waals surface area contributed by atoms with Gasteiger partial charge in [0.1, 0.15) is 5.71 Å². The Morgan fingerprint density at radius 2 is 1.85 bits per heavy atom. The van der Waals surface area contributed by atoms with Crippen LogP contribution in [-0.2, 0) is 16.0 Å². The molecule has 0 aromatic heterocycles. The van der Waals surface area contributed by atoms with E-state index in [9.17, 15) is 9.59 Å². The molecule has 0 bridgehead atoms. The van der Waals surface area contributed by atoms with E-state index >= 15 is 0 Å². The van der Waals surface area contributed by atoms with Crippen molar-refractivity contribution in [2.24, 2.45) is 16.8 Å². The van der Waals surface area contributed by atoms with Crippen molar-refractivity contribution in [3.8, 4) is 0 Å². The molecule has 34 heavy (non-hydrogen) atoms. The van der Waals surface area contributed by atoms with Crippen molar-refractivity contribution in [2.75, 3.05) is 33.2 Å². The third-order valence-corrected chi connectivity index (χ3v) is 8.16. The smallest absolute Gasteiger partial charge is 0.268 e. The molecule has 2 heterocycles. The second kappa shape index (κ2) is 12.1. The maximum Gasteiger partial charge on any atom is 0.268 e. The first-order valence-corrected chi connectivity index (χ1v) is 13.5. The minimum Gasteiger partial charge on any atom is -0.333 e. The summed E-state index contributed by atoms with van der Waals surface area (Å²) in [7, 11) is 1.79. The van der Waals surface area contributed by atoms with Gasteiger partial charge in [0.15, 0.2) is 0 Å². The lowest BCUT2D eigenvalue weighted by Crippen LogP contribution is -2.46. The lowest BCUT2D eigenvalue weighted by Gasteiger charge is -2.29. The van der Waals surface area contributed by atoms with Gasteiger partial charge in [-0.15, -0.1) is 0 Å². The van der Waals surface area contributed by atoms with Gasteiger partial charge in [0, 0.05) is 31.6 Å². The molecule has 4 rings (SSSR count). The molecule has 1 N–H and O–H groups in total. The summed E-state index contributed by atoms with van der Waals surface area (Å²) in [4.78, 5) is 35.8. The van der Waals surface area contributed by atoms with Gasteiger partial charge in [-0.05, 0) is 63.6 Å². The fourth-order valence-corrected chi connectivity index (χ4v) is 6.17. The first-order chi connectivity index (χ1) is 16.6. The predicted molar refractivity (Wildman–Crippen MR) is 137 cm³/mol. The Morgan fingerprint density at radius 1 is 1.09 bits per heavy atom. The Bertz CT molecular complexity index is 845. The maximum absolute atomic E-state index is 13.8. The van der Waals surface area contributed by atoms with Gasteiger partial charge in [-0.3, -0.25) is 9.59 Å². The van der Waals surface area contributed by atoms with E-state index in [0.717, 1.165) is 71.1 Å². The first-order valence-electron chi connectivity index (χ1n) is 13.5. The van der Waals surface area contributed by atoms with Gasteiger partial charge in [-0.25, -0.2) is 4.99 Å². The normalized spacial score (nSPS) is 24.9. The number of rotatable bonds is 9. The summed E-state index contributed by atoms with van der Waals surface area (Å²) in [6.07, 6.45) is 9.38. The Labute approximate surface area is 205 Å². The third kappa shape index (κ3) is 5.95. The fraction of sp³-hybridized carbons (Fsp3) is 0.679. The van der Waals surface area contributed by atoms with E-state index in [1.54, 1.807) is 7.05 Å². The van der Waals surface area contributed by atoms with Crippen LogP contribution in [0.4, 0.5) is 0 Å². The average molecular weight is 467 g/mol. The van der Waals surface area contributed by atoms with Crippen molar-refractivity contribution in [1.82, 2.24) is 15.1 Å². The summed E-state index contributed by atoms with van der Waals surface area (Å²) in [6, 6.07) is 10.6. The molecule has 0 spiro atoms. The predicted octanol–water partition coefficient (Wildman–Crippen LogP) is 3.70. The summed E-state index contributed by atoms with van der Waals surface area (Å²) in [5, 5.41) is 3.05. The molecule has 3 aliphatic rings. The molecule has 1 aliphatic carbocycles. The van der Waals surface area contributed by atoms with Gasteiger partial charge in [0.05, 0.1) is 6.04 Å². The largest absolute Gasteiger partial charge is 0.333 e. The van der Waals surface area contributed by atoms with Crippen LogP contribution in [0, 0.1) is 11.8 Å². The molecule has 0 unspecified atom stereocenters. The Balaban J connectivity index is 1.40. The lowest BCUT2D eigenvalue weighted by atomic mass is 9.85. The minimum absolute atomic E-state index is 0.0323. The second-order valence-electron chi connectivity index (χ2n) is 10.4. The molecule has 1 aromatic rings. The molecule has 3 atom stereocenters. The molecule has 6 heteroatoms.